The molecule has 1 amide bonds. The fourth-order valence-corrected chi connectivity index (χ4v) is 5.37. The van der Waals surface area contributed by atoms with Crippen LogP contribution in [0.1, 0.15) is 33.3 Å². The minimum absolute atomic E-state index is 0.0717. The van der Waals surface area contributed by atoms with E-state index in [0.717, 1.165) is 26.3 Å². The van der Waals surface area contributed by atoms with Crippen molar-refractivity contribution < 1.29 is 18.7 Å². The monoisotopic (exact) mass is 600 g/mol. The van der Waals surface area contributed by atoms with E-state index in [0.29, 0.717) is 17.0 Å². The number of hydrogen-bond acceptors (Lipinski definition) is 4. The first-order valence-corrected chi connectivity index (χ1v) is 12.8. The number of benzene rings is 2. The lowest BCUT2D eigenvalue weighted by atomic mass is 10.0. The molecule has 0 aliphatic carbocycles. The maximum Gasteiger partial charge on any atom is 0.261 e. The molecule has 0 aliphatic rings. The summed E-state index contributed by atoms with van der Waals surface area (Å²) in [6.07, 6.45) is 0.0212. The molecule has 9 heteroatoms. The molecule has 1 aromatic heterocycles. The Hall–Kier alpha value is -1.65. The average Bonchev–Trinajstić information content (AvgIpc) is 3.11. The summed E-state index contributed by atoms with van der Waals surface area (Å²) in [6, 6.07) is 12.3. The van der Waals surface area contributed by atoms with Crippen molar-refractivity contribution >= 4 is 49.1 Å². The molecule has 0 spiro atoms. The highest BCUT2D eigenvalue weighted by atomic mass is 79.9. The van der Waals surface area contributed by atoms with Gasteiger partial charge in [0.2, 0.25) is 0 Å². The minimum Gasteiger partial charge on any atom is -0.390 e. The molecule has 4 nitrogen and oxygen atoms in total. The highest BCUT2D eigenvalue weighted by molar-refractivity contribution is 9.13. The number of aryl methyl sites for hydroxylation is 1. The third kappa shape index (κ3) is 7.68. The molecule has 3 aromatic rings. The van der Waals surface area contributed by atoms with E-state index >= 15 is 0 Å². The Morgan fingerprint density at radius 3 is 2.39 bits per heavy atom. The molecule has 0 fully saturated rings. The van der Waals surface area contributed by atoms with E-state index in [1.165, 1.54) is 29.0 Å². The first kappa shape index (κ1) is 26.0. The van der Waals surface area contributed by atoms with Crippen LogP contribution in [0.5, 0.6) is 0 Å². The van der Waals surface area contributed by atoms with E-state index in [1.54, 1.807) is 6.07 Å². The molecule has 33 heavy (non-hydrogen) atoms. The van der Waals surface area contributed by atoms with Crippen LogP contribution in [0.25, 0.3) is 0 Å². The number of amides is 1. The summed E-state index contributed by atoms with van der Waals surface area (Å²) < 4.78 is 28.9. The summed E-state index contributed by atoms with van der Waals surface area (Å²) in [5.74, 6) is -1.78. The summed E-state index contributed by atoms with van der Waals surface area (Å²) in [4.78, 5) is 13.2. The summed E-state index contributed by atoms with van der Waals surface area (Å²) >= 11 is 7.97. The summed E-state index contributed by atoms with van der Waals surface area (Å²) in [6.45, 7) is 2.82. The number of rotatable bonds is 10. The van der Waals surface area contributed by atoms with Crippen LogP contribution in [0, 0.1) is 11.6 Å². The predicted octanol–water partition coefficient (Wildman–Crippen LogP) is 5.61. The molecule has 0 unspecified atom stereocenters. The SMILES string of the molecule is CCc1cccc(CNC[C@H](O)[C@H](Cc2cc(F)cc(F)c2)NC(=O)c2cc(Br)c(Br)s2)c1. The Morgan fingerprint density at radius 1 is 1.06 bits per heavy atom. The standard InChI is InChI=1S/C24H24Br2F2N2O2S/c1-2-14-4-3-5-15(6-14)12-29-13-21(31)20(9-16-7-17(27)10-18(28)8-16)30-24(32)22-11-19(25)23(26)33-22/h3-8,10-11,20-21,29,31H,2,9,12-13H2,1H3,(H,30,32)/t20-,21-/m0/s1. The van der Waals surface area contributed by atoms with E-state index in [-0.39, 0.29) is 18.9 Å². The minimum atomic E-state index is -0.985. The maximum atomic E-state index is 13.7. The largest absolute Gasteiger partial charge is 0.390 e. The highest BCUT2D eigenvalue weighted by Gasteiger charge is 2.24. The third-order valence-electron chi connectivity index (χ3n) is 5.11. The molecular weight excluding hydrogens is 578 g/mol. The first-order valence-electron chi connectivity index (χ1n) is 10.4. The zero-order chi connectivity index (χ0) is 24.0. The zero-order valence-electron chi connectivity index (χ0n) is 17.9. The molecule has 3 rings (SSSR count). The van der Waals surface area contributed by atoms with E-state index in [2.05, 4.69) is 61.5 Å². The molecule has 0 saturated heterocycles. The number of halogens is 4. The van der Waals surface area contributed by atoms with Crippen LogP contribution in [-0.2, 0) is 19.4 Å². The Labute approximate surface area is 212 Å². The van der Waals surface area contributed by atoms with Gasteiger partial charge in [0, 0.05) is 23.6 Å². The van der Waals surface area contributed by atoms with Crippen LogP contribution >= 0.6 is 43.2 Å². The number of aliphatic hydroxyl groups is 1. The molecule has 0 aliphatic heterocycles. The Balaban J connectivity index is 1.70. The quantitative estimate of drug-likeness (QED) is 0.283. The number of carbonyl (C=O) groups is 1. The summed E-state index contributed by atoms with van der Waals surface area (Å²) in [5, 5.41) is 16.9. The summed E-state index contributed by atoms with van der Waals surface area (Å²) in [5.41, 5.74) is 2.66. The second kappa shape index (κ2) is 12.2. The normalized spacial score (nSPS) is 13.0. The van der Waals surface area contributed by atoms with Crippen LogP contribution in [0.15, 0.2) is 56.8 Å². The van der Waals surface area contributed by atoms with Crippen molar-refractivity contribution in [1.29, 1.82) is 0 Å². The van der Waals surface area contributed by atoms with Gasteiger partial charge in [-0.3, -0.25) is 4.79 Å². The van der Waals surface area contributed by atoms with Gasteiger partial charge >= 0.3 is 0 Å². The van der Waals surface area contributed by atoms with E-state index in [4.69, 9.17) is 0 Å². The number of nitrogens with one attached hydrogen (secondary N) is 2. The fourth-order valence-electron chi connectivity index (χ4n) is 3.43. The van der Waals surface area contributed by atoms with Crippen molar-refractivity contribution in [3.05, 3.63) is 90.0 Å². The number of hydrogen-bond donors (Lipinski definition) is 3. The molecule has 1 heterocycles. The van der Waals surface area contributed by atoms with Gasteiger partial charge in [0.05, 0.1) is 20.8 Å². The number of carbonyl (C=O) groups excluding carboxylic acids is 1. The molecule has 0 radical (unpaired) electrons. The van der Waals surface area contributed by atoms with Crippen molar-refractivity contribution in [2.45, 2.75) is 38.5 Å². The van der Waals surface area contributed by atoms with Crippen LogP contribution in [0.3, 0.4) is 0 Å². The first-order chi connectivity index (χ1) is 15.7. The van der Waals surface area contributed by atoms with E-state index < -0.39 is 23.8 Å². The Morgan fingerprint density at radius 2 is 1.76 bits per heavy atom. The molecule has 2 aromatic carbocycles. The average molecular weight is 602 g/mol. The molecule has 2 atom stereocenters. The topological polar surface area (TPSA) is 61.4 Å². The van der Waals surface area contributed by atoms with Gasteiger partial charge in [0.15, 0.2) is 0 Å². The Bertz CT molecular complexity index is 1070. The highest BCUT2D eigenvalue weighted by Crippen LogP contribution is 2.32. The Kier molecular flexibility index (Phi) is 9.57. The smallest absolute Gasteiger partial charge is 0.261 e. The van der Waals surface area contributed by atoms with Gasteiger partial charge in [-0.05, 0) is 79.6 Å². The van der Waals surface area contributed by atoms with Gasteiger partial charge in [0.25, 0.3) is 5.91 Å². The second-order valence-corrected chi connectivity index (χ2v) is 10.9. The van der Waals surface area contributed by atoms with Crippen LogP contribution < -0.4 is 10.6 Å². The number of aliphatic hydroxyl groups excluding tert-OH is 1. The number of thiophene rings is 1. The van der Waals surface area contributed by atoms with Crippen molar-refractivity contribution in [3.63, 3.8) is 0 Å². The van der Waals surface area contributed by atoms with Gasteiger partial charge in [-0.2, -0.15) is 0 Å². The van der Waals surface area contributed by atoms with Gasteiger partial charge in [-0.25, -0.2) is 8.78 Å². The molecule has 176 valence electrons. The van der Waals surface area contributed by atoms with Crippen molar-refractivity contribution in [2.75, 3.05) is 6.54 Å². The van der Waals surface area contributed by atoms with Crippen molar-refractivity contribution in [3.8, 4) is 0 Å². The van der Waals surface area contributed by atoms with Crippen LogP contribution in [0.4, 0.5) is 8.78 Å². The van der Waals surface area contributed by atoms with E-state index in [9.17, 15) is 18.7 Å². The molecule has 3 N–H and O–H groups in total. The van der Waals surface area contributed by atoms with Crippen LogP contribution in [-0.4, -0.2) is 29.7 Å². The lowest BCUT2D eigenvalue weighted by Crippen LogP contribution is -2.48. The maximum absolute atomic E-state index is 13.7. The van der Waals surface area contributed by atoms with Gasteiger partial charge < -0.3 is 15.7 Å². The van der Waals surface area contributed by atoms with Crippen LogP contribution in [0.2, 0.25) is 0 Å². The molecular formula is C24H24Br2F2N2O2S. The third-order valence-corrected chi connectivity index (χ3v) is 8.37. The van der Waals surface area contributed by atoms with Gasteiger partial charge in [-0.15, -0.1) is 11.3 Å². The van der Waals surface area contributed by atoms with Gasteiger partial charge in [0.1, 0.15) is 11.6 Å². The van der Waals surface area contributed by atoms with Gasteiger partial charge in [-0.1, -0.05) is 31.2 Å². The van der Waals surface area contributed by atoms with Crippen molar-refractivity contribution in [2.24, 2.45) is 0 Å². The zero-order valence-corrected chi connectivity index (χ0v) is 21.9. The molecule has 0 bridgehead atoms. The second-order valence-electron chi connectivity index (χ2n) is 7.67. The lowest BCUT2D eigenvalue weighted by molar-refractivity contribution is 0.0833. The predicted molar refractivity (Wildman–Crippen MR) is 135 cm³/mol. The molecule has 0 saturated carbocycles. The van der Waals surface area contributed by atoms with E-state index in [1.807, 2.05) is 12.1 Å². The lowest BCUT2D eigenvalue weighted by Gasteiger charge is -2.25. The van der Waals surface area contributed by atoms with Crippen molar-refractivity contribution in [1.82, 2.24) is 10.6 Å². The fraction of sp³-hybridized carbons (Fsp3) is 0.292. The summed E-state index contributed by atoms with van der Waals surface area (Å²) in [7, 11) is 0.